The molecule has 0 radical (unpaired) electrons. The molecule has 1 aliphatic rings. The van der Waals surface area contributed by atoms with Gasteiger partial charge in [-0.2, -0.15) is 4.98 Å². The summed E-state index contributed by atoms with van der Waals surface area (Å²) in [4.78, 5) is 22.0. The van der Waals surface area contributed by atoms with Crippen molar-refractivity contribution < 1.29 is 14.1 Å². The second kappa shape index (κ2) is 7.13. The zero-order chi connectivity index (χ0) is 19.8. The first-order chi connectivity index (χ1) is 14.2. The Morgan fingerprint density at radius 2 is 1.90 bits per heavy atom. The number of carbonyl (C=O) groups excluding carboxylic acids is 1. The summed E-state index contributed by atoms with van der Waals surface area (Å²) < 4.78 is 10.8. The van der Waals surface area contributed by atoms with Gasteiger partial charge in [-0.15, -0.1) is 0 Å². The Bertz CT molecular complexity index is 1210. The average Bonchev–Trinajstić information content (AvgIpc) is 3.40. The maximum Gasteiger partial charge on any atom is 0.339 e. The number of rotatable bonds is 4. The molecule has 5 rings (SSSR count). The van der Waals surface area contributed by atoms with Crippen LogP contribution in [0.1, 0.15) is 39.5 Å². The summed E-state index contributed by atoms with van der Waals surface area (Å²) in [5.41, 5.74) is 5.44. The smallest absolute Gasteiger partial charge is 0.339 e. The van der Waals surface area contributed by atoms with Gasteiger partial charge < -0.3 is 9.26 Å². The minimum absolute atomic E-state index is 0.0664. The first-order valence-electron chi connectivity index (χ1n) is 9.66. The number of fused-ring (bicyclic) bond motifs is 2. The molecule has 2 aromatic heterocycles. The number of nitrogens with zero attached hydrogens (tertiary/aromatic N) is 3. The van der Waals surface area contributed by atoms with Crippen molar-refractivity contribution >= 4 is 16.9 Å². The fourth-order valence-electron chi connectivity index (χ4n) is 3.78. The van der Waals surface area contributed by atoms with E-state index in [1.807, 2.05) is 55.5 Å². The van der Waals surface area contributed by atoms with Gasteiger partial charge >= 0.3 is 5.97 Å². The zero-order valence-electron chi connectivity index (χ0n) is 16.0. The molecule has 1 aliphatic carbocycles. The van der Waals surface area contributed by atoms with E-state index in [-0.39, 0.29) is 18.5 Å². The largest absolute Gasteiger partial charge is 0.452 e. The van der Waals surface area contributed by atoms with E-state index in [9.17, 15) is 4.79 Å². The number of hydrogen-bond donors (Lipinski definition) is 0. The number of hydrogen-bond acceptors (Lipinski definition) is 6. The molecule has 2 aromatic carbocycles. The maximum atomic E-state index is 13.0. The number of aromatic nitrogens is 3. The Balaban J connectivity index is 1.39. The fourth-order valence-corrected chi connectivity index (χ4v) is 3.78. The molecule has 0 aliphatic heterocycles. The molecule has 0 saturated carbocycles. The molecule has 4 aromatic rings. The Kier molecular flexibility index (Phi) is 4.31. The summed E-state index contributed by atoms with van der Waals surface area (Å²) >= 11 is 0. The molecule has 0 bridgehead atoms. The first kappa shape index (κ1) is 17.6. The normalized spacial score (nSPS) is 12.9. The molecule has 0 amide bonds. The lowest BCUT2D eigenvalue weighted by Crippen LogP contribution is -2.10. The molecule has 6 nitrogen and oxygen atoms in total. The third kappa shape index (κ3) is 3.27. The van der Waals surface area contributed by atoms with Crippen LogP contribution in [-0.4, -0.2) is 21.1 Å². The summed E-state index contributed by atoms with van der Waals surface area (Å²) in [6.45, 7) is 1.95. The number of para-hydroxylation sites is 1. The van der Waals surface area contributed by atoms with Crippen molar-refractivity contribution in [1.29, 1.82) is 0 Å². The highest BCUT2D eigenvalue weighted by Gasteiger charge is 2.25. The van der Waals surface area contributed by atoms with Crippen LogP contribution in [0.5, 0.6) is 0 Å². The van der Waals surface area contributed by atoms with E-state index in [2.05, 4.69) is 10.1 Å². The third-order valence-electron chi connectivity index (χ3n) is 5.23. The molecule has 0 fully saturated rings. The molecule has 0 spiro atoms. The highest BCUT2D eigenvalue weighted by molar-refractivity contribution is 6.05. The molecule has 6 heteroatoms. The molecule has 29 heavy (non-hydrogen) atoms. The standard InChI is InChI=1S/C23H19N3O3/c1-14-9-11-15(12-10-14)22-25-20(29-26-22)13-28-23(27)21-16-5-2-3-7-18(16)24-19-8-4-6-17(19)21/h2-3,5,7,9-12H,4,6,8,13H2,1H3. The van der Waals surface area contributed by atoms with E-state index in [0.717, 1.165) is 52.5 Å². The molecule has 0 unspecified atom stereocenters. The molecule has 0 saturated heterocycles. The lowest BCUT2D eigenvalue weighted by atomic mass is 10.0. The van der Waals surface area contributed by atoms with Crippen molar-refractivity contribution in [2.24, 2.45) is 0 Å². The number of ether oxygens (including phenoxy) is 1. The van der Waals surface area contributed by atoms with Gasteiger partial charge in [0.25, 0.3) is 5.89 Å². The van der Waals surface area contributed by atoms with Gasteiger partial charge in [0.05, 0.1) is 11.1 Å². The van der Waals surface area contributed by atoms with Crippen molar-refractivity contribution in [1.82, 2.24) is 15.1 Å². The summed E-state index contributed by atoms with van der Waals surface area (Å²) in [6, 6.07) is 15.5. The highest BCUT2D eigenvalue weighted by atomic mass is 16.6. The van der Waals surface area contributed by atoms with Crippen molar-refractivity contribution in [2.45, 2.75) is 32.8 Å². The van der Waals surface area contributed by atoms with Crippen molar-refractivity contribution in [3.63, 3.8) is 0 Å². The van der Waals surface area contributed by atoms with Gasteiger partial charge in [-0.05, 0) is 37.8 Å². The number of benzene rings is 2. The van der Waals surface area contributed by atoms with Gasteiger partial charge in [0.2, 0.25) is 5.82 Å². The third-order valence-corrected chi connectivity index (χ3v) is 5.23. The molecule has 0 N–H and O–H groups in total. The first-order valence-corrected chi connectivity index (χ1v) is 9.66. The summed E-state index contributed by atoms with van der Waals surface area (Å²) in [5.74, 6) is 0.368. The molecule has 0 atom stereocenters. The lowest BCUT2D eigenvalue weighted by molar-refractivity contribution is 0.0431. The fraction of sp³-hybridized carbons (Fsp3) is 0.217. The second-order valence-corrected chi connectivity index (χ2v) is 7.24. The lowest BCUT2D eigenvalue weighted by Gasteiger charge is -2.11. The van der Waals surface area contributed by atoms with E-state index in [1.54, 1.807) is 0 Å². The van der Waals surface area contributed by atoms with E-state index in [1.165, 1.54) is 0 Å². The number of carbonyl (C=O) groups is 1. The van der Waals surface area contributed by atoms with Crippen LogP contribution < -0.4 is 0 Å². The predicted molar refractivity (Wildman–Crippen MR) is 107 cm³/mol. The molecular formula is C23H19N3O3. The Hall–Kier alpha value is -3.54. The summed E-state index contributed by atoms with van der Waals surface area (Å²) in [6.07, 6.45) is 2.74. The SMILES string of the molecule is Cc1ccc(-c2noc(COC(=O)c3c4c(nc5ccccc35)CCC4)n2)cc1. The molecule has 144 valence electrons. The van der Waals surface area contributed by atoms with Crippen LogP contribution in [0.2, 0.25) is 0 Å². The minimum atomic E-state index is -0.378. The maximum absolute atomic E-state index is 13.0. The Labute approximate surface area is 167 Å². The molecular weight excluding hydrogens is 366 g/mol. The number of esters is 1. The van der Waals surface area contributed by atoms with Gasteiger partial charge in [0, 0.05) is 16.6 Å². The minimum Gasteiger partial charge on any atom is -0.452 e. The van der Waals surface area contributed by atoms with Crippen molar-refractivity contribution in [3.8, 4) is 11.4 Å². The predicted octanol–water partition coefficient (Wildman–Crippen LogP) is 4.44. The van der Waals surface area contributed by atoms with Crippen LogP contribution in [-0.2, 0) is 24.2 Å². The van der Waals surface area contributed by atoms with Gasteiger partial charge in [-0.3, -0.25) is 4.98 Å². The van der Waals surface area contributed by atoms with Crippen LogP contribution in [0.3, 0.4) is 0 Å². The van der Waals surface area contributed by atoms with Crippen LogP contribution in [0.25, 0.3) is 22.3 Å². The highest BCUT2D eigenvalue weighted by Crippen LogP contribution is 2.30. The monoisotopic (exact) mass is 385 g/mol. The van der Waals surface area contributed by atoms with E-state index in [0.29, 0.717) is 11.4 Å². The summed E-state index contributed by atoms with van der Waals surface area (Å²) in [5, 5.41) is 4.81. The number of aryl methyl sites for hydroxylation is 2. The van der Waals surface area contributed by atoms with E-state index in [4.69, 9.17) is 14.2 Å². The van der Waals surface area contributed by atoms with Gasteiger partial charge in [0.1, 0.15) is 0 Å². The van der Waals surface area contributed by atoms with Crippen LogP contribution in [0, 0.1) is 6.92 Å². The van der Waals surface area contributed by atoms with E-state index >= 15 is 0 Å². The van der Waals surface area contributed by atoms with Crippen LogP contribution in [0.15, 0.2) is 53.1 Å². The van der Waals surface area contributed by atoms with Crippen molar-refractivity contribution in [3.05, 3.63) is 76.8 Å². The van der Waals surface area contributed by atoms with Gasteiger partial charge in [-0.25, -0.2) is 4.79 Å². The number of pyridine rings is 1. The van der Waals surface area contributed by atoms with E-state index < -0.39 is 0 Å². The molecule has 2 heterocycles. The van der Waals surface area contributed by atoms with Crippen LogP contribution >= 0.6 is 0 Å². The Morgan fingerprint density at radius 3 is 2.76 bits per heavy atom. The van der Waals surface area contributed by atoms with Gasteiger partial charge in [-0.1, -0.05) is 53.2 Å². The zero-order valence-corrected chi connectivity index (χ0v) is 16.0. The van der Waals surface area contributed by atoms with Crippen LogP contribution in [0.4, 0.5) is 0 Å². The second-order valence-electron chi connectivity index (χ2n) is 7.24. The Morgan fingerprint density at radius 1 is 1.07 bits per heavy atom. The topological polar surface area (TPSA) is 78.1 Å². The average molecular weight is 385 g/mol. The quantitative estimate of drug-likeness (QED) is 0.483. The van der Waals surface area contributed by atoms with Crippen molar-refractivity contribution in [2.75, 3.05) is 0 Å². The van der Waals surface area contributed by atoms with Gasteiger partial charge in [0.15, 0.2) is 6.61 Å². The summed E-state index contributed by atoms with van der Waals surface area (Å²) in [7, 11) is 0.